The van der Waals surface area contributed by atoms with E-state index in [4.69, 9.17) is 25.8 Å². The summed E-state index contributed by atoms with van der Waals surface area (Å²) in [7, 11) is 3.00. The highest BCUT2D eigenvalue weighted by molar-refractivity contribution is 6.35. The first-order valence-electron chi connectivity index (χ1n) is 10.0. The quantitative estimate of drug-likeness (QED) is 0.447. The van der Waals surface area contributed by atoms with Crippen molar-refractivity contribution in [3.8, 4) is 22.6 Å². The summed E-state index contributed by atoms with van der Waals surface area (Å²) in [6.07, 6.45) is 2.79. The van der Waals surface area contributed by atoms with Crippen molar-refractivity contribution in [3.05, 3.63) is 52.4 Å². The largest absolute Gasteiger partial charge is 0.497 e. The Morgan fingerprint density at radius 3 is 2.76 bits per heavy atom. The molecule has 2 atom stereocenters. The summed E-state index contributed by atoms with van der Waals surface area (Å²) in [5.41, 5.74) is 0.745. The molecule has 3 aromatic rings. The minimum Gasteiger partial charge on any atom is -0.497 e. The van der Waals surface area contributed by atoms with Crippen LogP contribution in [0.25, 0.3) is 22.2 Å². The van der Waals surface area contributed by atoms with Crippen LogP contribution in [0.1, 0.15) is 0 Å². The molecule has 1 saturated heterocycles. The van der Waals surface area contributed by atoms with Crippen molar-refractivity contribution in [2.45, 2.75) is 12.1 Å². The van der Waals surface area contributed by atoms with Crippen LogP contribution in [0.3, 0.4) is 0 Å². The van der Waals surface area contributed by atoms with Crippen LogP contribution in [0.2, 0.25) is 5.02 Å². The maximum absolute atomic E-state index is 12.9. The van der Waals surface area contributed by atoms with Gasteiger partial charge < -0.3 is 29.8 Å². The third-order valence-electron chi connectivity index (χ3n) is 5.26. The van der Waals surface area contributed by atoms with E-state index < -0.39 is 0 Å². The van der Waals surface area contributed by atoms with Gasteiger partial charge in [-0.15, -0.1) is 0 Å². The lowest BCUT2D eigenvalue weighted by molar-refractivity contribution is -0.117. The molecule has 1 fully saturated rings. The van der Waals surface area contributed by atoms with Gasteiger partial charge in [-0.1, -0.05) is 18.2 Å². The van der Waals surface area contributed by atoms with Crippen molar-refractivity contribution < 1.29 is 19.0 Å². The fourth-order valence-electron chi connectivity index (χ4n) is 3.54. The molecule has 0 spiro atoms. The summed E-state index contributed by atoms with van der Waals surface area (Å²) in [6.45, 7) is 4.18. The summed E-state index contributed by atoms with van der Waals surface area (Å²) in [4.78, 5) is 36.0. The number of nitrogens with one attached hydrogen (secondary N) is 3. The van der Waals surface area contributed by atoms with Gasteiger partial charge >= 0.3 is 0 Å². The number of hydrogen-bond acceptors (Lipinski definition) is 8. The van der Waals surface area contributed by atoms with Gasteiger partial charge in [-0.25, -0.2) is 4.98 Å². The number of methoxy groups -OCH3 is 2. The number of aromatic amines is 1. The second-order valence-corrected chi connectivity index (χ2v) is 7.69. The molecule has 3 N–H and O–H groups in total. The normalized spacial score (nSPS) is 17.5. The topological polar surface area (TPSA) is 127 Å². The summed E-state index contributed by atoms with van der Waals surface area (Å²) in [6, 6.07) is 4.46. The molecule has 4 rings (SSSR count). The second-order valence-electron chi connectivity index (χ2n) is 7.31. The first-order valence-corrected chi connectivity index (χ1v) is 10.4. The number of hydrogen-bond donors (Lipinski definition) is 3. The van der Waals surface area contributed by atoms with Crippen LogP contribution in [0.4, 0.5) is 5.95 Å². The van der Waals surface area contributed by atoms with Gasteiger partial charge in [0.2, 0.25) is 11.9 Å². The van der Waals surface area contributed by atoms with Gasteiger partial charge in [0.1, 0.15) is 17.1 Å². The van der Waals surface area contributed by atoms with E-state index in [1.165, 1.54) is 20.3 Å². The van der Waals surface area contributed by atoms with Gasteiger partial charge in [-0.05, 0) is 18.2 Å². The van der Waals surface area contributed by atoms with Gasteiger partial charge in [0, 0.05) is 28.8 Å². The van der Waals surface area contributed by atoms with E-state index in [0.717, 1.165) is 0 Å². The first kappa shape index (κ1) is 22.6. The van der Waals surface area contributed by atoms with Crippen LogP contribution in [0.15, 0.2) is 41.8 Å². The number of H-pyrrole nitrogens is 1. The number of benzene rings is 1. The molecule has 10 nitrogen and oxygen atoms in total. The van der Waals surface area contributed by atoms with Crippen LogP contribution in [0, 0.1) is 0 Å². The van der Waals surface area contributed by atoms with E-state index in [9.17, 15) is 9.59 Å². The maximum Gasteiger partial charge on any atom is 0.257 e. The number of fused-ring (bicyclic) bond motifs is 1. The fraction of sp³-hybridized carbons (Fsp3) is 0.273. The molecule has 0 unspecified atom stereocenters. The number of rotatable bonds is 7. The van der Waals surface area contributed by atoms with Crippen LogP contribution in [0.5, 0.6) is 11.5 Å². The zero-order chi connectivity index (χ0) is 23.5. The summed E-state index contributed by atoms with van der Waals surface area (Å²) in [5, 5.41) is 6.84. The molecule has 1 amide bonds. The monoisotopic (exact) mass is 471 g/mol. The molecule has 2 aromatic heterocycles. The standard InChI is InChI=1S/C22H22ClN5O5/c1-4-18(29)25-15-9-33-10-16(15)26-22-24-8-11-5-14(21(30)27-20(11)28-22)13-6-12(31-2)7-17(32-3)19(13)23/h4-8,15-16H,1,9-10H2,2-3H3,(H,25,29)(H2,24,26,27,28,30)/t15-,16+/m0/s1. The van der Waals surface area contributed by atoms with Gasteiger partial charge in [0.15, 0.2) is 0 Å². The van der Waals surface area contributed by atoms with Crippen molar-refractivity contribution in [1.29, 1.82) is 0 Å². The summed E-state index contributed by atoms with van der Waals surface area (Å²) >= 11 is 6.45. The van der Waals surface area contributed by atoms with E-state index in [1.54, 1.807) is 24.4 Å². The Hall–Kier alpha value is -3.63. The van der Waals surface area contributed by atoms with Gasteiger partial charge in [-0.3, -0.25) is 9.59 Å². The molecule has 0 bridgehead atoms. The Bertz CT molecular complexity index is 1280. The van der Waals surface area contributed by atoms with Crippen LogP contribution in [-0.2, 0) is 9.53 Å². The average molecular weight is 472 g/mol. The molecule has 0 radical (unpaired) electrons. The number of anilines is 1. The SMILES string of the molecule is C=CC(=O)N[C@H]1COC[C@H]1Nc1ncc2cc(-c3cc(OC)cc(OC)c3Cl)c(=O)[nH]c2n1. The third kappa shape index (κ3) is 4.62. The Kier molecular flexibility index (Phi) is 6.47. The number of carbonyl (C=O) groups is 1. The summed E-state index contributed by atoms with van der Waals surface area (Å²) in [5.74, 6) is 0.887. The van der Waals surface area contributed by atoms with Crippen LogP contribution >= 0.6 is 11.6 Å². The molecule has 0 aliphatic carbocycles. The van der Waals surface area contributed by atoms with Crippen molar-refractivity contribution >= 4 is 34.5 Å². The van der Waals surface area contributed by atoms with Gasteiger partial charge in [0.25, 0.3) is 5.56 Å². The number of carbonyl (C=O) groups excluding carboxylic acids is 1. The van der Waals surface area contributed by atoms with E-state index in [-0.39, 0.29) is 28.6 Å². The predicted octanol–water partition coefficient (Wildman–Crippen LogP) is 2.14. The zero-order valence-corrected chi connectivity index (χ0v) is 18.7. The Morgan fingerprint density at radius 2 is 2.03 bits per heavy atom. The molecule has 1 aromatic carbocycles. The Labute approximate surface area is 193 Å². The molecular weight excluding hydrogens is 450 g/mol. The number of ether oxygens (including phenoxy) is 3. The number of halogens is 1. The van der Waals surface area contributed by atoms with Gasteiger partial charge in [-0.2, -0.15) is 4.98 Å². The number of pyridine rings is 1. The minimum absolute atomic E-state index is 0.236. The lowest BCUT2D eigenvalue weighted by Crippen LogP contribution is -2.45. The highest BCUT2D eigenvalue weighted by atomic mass is 35.5. The molecule has 1 aliphatic rings. The zero-order valence-electron chi connectivity index (χ0n) is 18.0. The van der Waals surface area contributed by atoms with Crippen molar-refractivity contribution in [2.75, 3.05) is 32.8 Å². The van der Waals surface area contributed by atoms with Crippen molar-refractivity contribution in [2.24, 2.45) is 0 Å². The van der Waals surface area contributed by atoms with Crippen LogP contribution < -0.4 is 25.7 Å². The molecular formula is C22H22ClN5O5. The summed E-state index contributed by atoms with van der Waals surface area (Å²) < 4.78 is 16.0. The molecule has 1 aliphatic heterocycles. The van der Waals surface area contributed by atoms with Crippen molar-refractivity contribution in [3.63, 3.8) is 0 Å². The number of amides is 1. The van der Waals surface area contributed by atoms with E-state index in [1.807, 2.05) is 0 Å². The molecule has 172 valence electrons. The Balaban J connectivity index is 1.66. The smallest absolute Gasteiger partial charge is 0.257 e. The maximum atomic E-state index is 12.9. The van der Waals surface area contributed by atoms with E-state index in [2.05, 4.69) is 32.2 Å². The number of aromatic nitrogens is 3. The van der Waals surface area contributed by atoms with Gasteiger partial charge in [0.05, 0.1) is 44.5 Å². The first-order chi connectivity index (χ1) is 15.9. The molecule has 3 heterocycles. The lowest BCUT2D eigenvalue weighted by atomic mass is 10.1. The fourth-order valence-corrected chi connectivity index (χ4v) is 3.83. The molecule has 33 heavy (non-hydrogen) atoms. The van der Waals surface area contributed by atoms with Crippen LogP contribution in [-0.4, -0.2) is 60.4 Å². The third-order valence-corrected chi connectivity index (χ3v) is 5.65. The second kappa shape index (κ2) is 9.47. The average Bonchev–Trinajstić information content (AvgIpc) is 3.25. The predicted molar refractivity (Wildman–Crippen MR) is 124 cm³/mol. The minimum atomic E-state index is -0.385. The molecule has 0 saturated carbocycles. The highest BCUT2D eigenvalue weighted by Crippen LogP contribution is 2.38. The van der Waals surface area contributed by atoms with E-state index in [0.29, 0.717) is 52.8 Å². The van der Waals surface area contributed by atoms with Crippen molar-refractivity contribution in [1.82, 2.24) is 20.3 Å². The Morgan fingerprint density at radius 1 is 1.24 bits per heavy atom. The lowest BCUT2D eigenvalue weighted by Gasteiger charge is -2.19. The highest BCUT2D eigenvalue weighted by Gasteiger charge is 2.29. The molecule has 11 heteroatoms. The van der Waals surface area contributed by atoms with E-state index >= 15 is 0 Å². The number of nitrogens with zero attached hydrogens (tertiary/aromatic N) is 2.